The fraction of sp³-hybridized carbons (Fsp3) is 0.733. The molecule has 0 aromatic carbocycles. The van der Waals surface area contributed by atoms with Gasteiger partial charge in [-0.3, -0.25) is 9.80 Å². The molecule has 7 rings (SSSR count). The predicted octanol–water partition coefficient (Wildman–Crippen LogP) is 5.63. The van der Waals surface area contributed by atoms with E-state index in [1.165, 1.54) is 0 Å². The van der Waals surface area contributed by atoms with Crippen LogP contribution >= 0.6 is 11.6 Å². The second-order valence-corrected chi connectivity index (χ2v) is 14.3. The Morgan fingerprint density at radius 3 is 2.69 bits per heavy atom. The third kappa shape index (κ3) is 4.57. The number of amides is 1. The number of halogens is 3. The quantitative estimate of drug-likeness (QED) is 0.417. The maximum absolute atomic E-state index is 15.7. The van der Waals surface area contributed by atoms with E-state index in [-0.39, 0.29) is 53.4 Å². The smallest absolute Gasteiger partial charge is 0.410 e. The number of anilines is 1. The summed E-state index contributed by atoms with van der Waals surface area (Å²) in [6, 6.07) is -0.103. The van der Waals surface area contributed by atoms with E-state index < -0.39 is 23.1 Å². The van der Waals surface area contributed by atoms with Crippen LogP contribution in [0.1, 0.15) is 84.3 Å². The van der Waals surface area contributed by atoms with Gasteiger partial charge in [-0.05, 0) is 71.8 Å². The molecule has 7 heterocycles. The van der Waals surface area contributed by atoms with E-state index in [1.54, 1.807) is 0 Å². The SMILES string of the molecule is C[C@@H]1CC[C@H]2[C@@H]3CC[C@H](CN2c2nc(OC[C@@]45CCCN4C[C@H](F)C5)nc4c(F)c(Cl)nc1c24)N3C(=O)OC(C)(C)C. The fourth-order valence-electron chi connectivity index (χ4n) is 8.20. The van der Waals surface area contributed by atoms with Crippen molar-refractivity contribution in [1.82, 2.24) is 24.8 Å². The van der Waals surface area contributed by atoms with Crippen LogP contribution in [-0.2, 0) is 4.74 Å². The van der Waals surface area contributed by atoms with Crippen LogP contribution in [0.15, 0.2) is 0 Å². The summed E-state index contributed by atoms with van der Waals surface area (Å²) in [7, 11) is 0. The molecule has 9 nitrogen and oxygen atoms in total. The third-order valence-corrected chi connectivity index (χ3v) is 10.3. The lowest BCUT2D eigenvalue weighted by Gasteiger charge is -2.48. The molecular formula is C30H39ClF2N6O3. The molecule has 0 N–H and O–H groups in total. The minimum Gasteiger partial charge on any atom is -0.461 e. The van der Waals surface area contributed by atoms with Crippen LogP contribution in [0.2, 0.25) is 5.15 Å². The lowest BCUT2D eigenvalue weighted by atomic mass is 9.88. The summed E-state index contributed by atoms with van der Waals surface area (Å²) < 4.78 is 42.2. The van der Waals surface area contributed by atoms with Crippen molar-refractivity contribution in [2.45, 2.75) is 114 Å². The van der Waals surface area contributed by atoms with Gasteiger partial charge in [-0.1, -0.05) is 18.5 Å². The molecule has 5 aliphatic heterocycles. The number of hydrogen-bond acceptors (Lipinski definition) is 8. The highest BCUT2D eigenvalue weighted by atomic mass is 35.5. The Labute approximate surface area is 249 Å². The van der Waals surface area contributed by atoms with Crippen molar-refractivity contribution >= 4 is 34.4 Å². The second-order valence-electron chi connectivity index (χ2n) is 13.9. The Bertz CT molecular complexity index is 1420. The van der Waals surface area contributed by atoms with Gasteiger partial charge < -0.3 is 14.4 Å². The average molecular weight is 605 g/mol. The molecule has 5 aliphatic rings. The first kappa shape index (κ1) is 28.3. The number of rotatable bonds is 3. The Morgan fingerprint density at radius 2 is 1.90 bits per heavy atom. The standard InChI is InChI=1S/C30H39ClF2N6O3/c1-16-6-8-19-20-9-7-18(39(20)28(40)42-29(2,3)4)14-38(19)26-21-23(16)34-25(31)22(33)24(21)35-27(36-26)41-15-30-10-5-11-37(30)13-17(32)12-30/h16-20H,5-15H2,1-4H3/t16-,17-,18-,19+,20+,30+/m1/s1. The molecule has 6 atom stereocenters. The van der Waals surface area contributed by atoms with Crippen molar-refractivity contribution in [2.24, 2.45) is 0 Å². The van der Waals surface area contributed by atoms with Crippen LogP contribution in [0, 0.1) is 5.82 Å². The summed E-state index contributed by atoms with van der Waals surface area (Å²) in [5.74, 6) is -0.156. The second kappa shape index (κ2) is 10.0. The highest BCUT2D eigenvalue weighted by molar-refractivity contribution is 6.30. The van der Waals surface area contributed by atoms with Gasteiger partial charge in [0, 0.05) is 19.5 Å². The Kier molecular flexibility index (Phi) is 6.73. The van der Waals surface area contributed by atoms with E-state index in [2.05, 4.69) is 26.7 Å². The van der Waals surface area contributed by atoms with E-state index >= 15 is 4.39 Å². The van der Waals surface area contributed by atoms with Gasteiger partial charge in [0.05, 0.1) is 34.7 Å². The molecule has 0 spiro atoms. The van der Waals surface area contributed by atoms with Gasteiger partial charge in [-0.2, -0.15) is 9.97 Å². The highest BCUT2D eigenvalue weighted by Gasteiger charge is 2.52. The minimum absolute atomic E-state index is 0.0260. The summed E-state index contributed by atoms with van der Waals surface area (Å²) in [6.07, 6.45) is 4.37. The number of alkyl halides is 1. The zero-order chi connectivity index (χ0) is 29.6. The molecule has 42 heavy (non-hydrogen) atoms. The predicted molar refractivity (Wildman–Crippen MR) is 155 cm³/mol. The first-order valence-corrected chi connectivity index (χ1v) is 15.7. The van der Waals surface area contributed by atoms with E-state index in [4.69, 9.17) is 26.1 Å². The van der Waals surface area contributed by atoms with E-state index in [1.807, 2.05) is 25.7 Å². The number of piperazine rings is 1. The van der Waals surface area contributed by atoms with Crippen molar-refractivity contribution in [2.75, 3.05) is 31.1 Å². The largest absolute Gasteiger partial charge is 0.461 e. The summed E-state index contributed by atoms with van der Waals surface area (Å²) in [5.41, 5.74) is -0.214. The van der Waals surface area contributed by atoms with Crippen molar-refractivity contribution in [3.63, 3.8) is 0 Å². The maximum Gasteiger partial charge on any atom is 0.410 e. The molecule has 0 unspecified atom stereocenters. The van der Waals surface area contributed by atoms with Gasteiger partial charge in [0.15, 0.2) is 11.0 Å². The zero-order valence-electron chi connectivity index (χ0n) is 24.7. The summed E-state index contributed by atoms with van der Waals surface area (Å²) in [4.78, 5) is 33.6. The van der Waals surface area contributed by atoms with Crippen LogP contribution in [0.5, 0.6) is 6.01 Å². The minimum atomic E-state index is -0.885. The molecule has 0 radical (unpaired) electrons. The monoisotopic (exact) mass is 604 g/mol. The normalized spacial score (nSPS) is 32.5. The number of nitrogens with zero attached hydrogens (tertiary/aromatic N) is 6. The molecule has 1 amide bonds. The van der Waals surface area contributed by atoms with Crippen LogP contribution in [-0.4, -0.2) is 92.5 Å². The lowest BCUT2D eigenvalue weighted by molar-refractivity contribution is 0.00693. The summed E-state index contributed by atoms with van der Waals surface area (Å²) in [5, 5.41) is 0.334. The van der Waals surface area contributed by atoms with E-state index in [9.17, 15) is 9.18 Å². The number of hydrogen-bond donors (Lipinski definition) is 0. The first-order valence-electron chi connectivity index (χ1n) is 15.3. The molecule has 228 valence electrons. The zero-order valence-corrected chi connectivity index (χ0v) is 25.5. The van der Waals surface area contributed by atoms with Crippen molar-refractivity contribution in [1.29, 1.82) is 0 Å². The topological polar surface area (TPSA) is 83.9 Å². The van der Waals surface area contributed by atoms with Crippen LogP contribution in [0.3, 0.4) is 0 Å². The lowest BCUT2D eigenvalue weighted by Crippen LogP contribution is -2.62. The third-order valence-electron chi connectivity index (χ3n) is 10.0. The van der Waals surface area contributed by atoms with Crippen LogP contribution < -0.4 is 9.64 Å². The Morgan fingerprint density at radius 1 is 1.12 bits per heavy atom. The van der Waals surface area contributed by atoms with Crippen molar-refractivity contribution < 1.29 is 23.0 Å². The molecule has 4 saturated heterocycles. The molecule has 4 fully saturated rings. The van der Waals surface area contributed by atoms with Gasteiger partial charge in [-0.25, -0.2) is 18.6 Å². The average Bonchev–Trinajstić information content (AvgIpc) is 3.55. The van der Waals surface area contributed by atoms with Crippen LogP contribution in [0.25, 0.3) is 10.9 Å². The van der Waals surface area contributed by atoms with Gasteiger partial charge in [0.25, 0.3) is 0 Å². The summed E-state index contributed by atoms with van der Waals surface area (Å²) >= 11 is 6.32. The highest BCUT2D eigenvalue weighted by Crippen LogP contribution is 2.46. The van der Waals surface area contributed by atoms with E-state index in [0.29, 0.717) is 36.4 Å². The Hall–Kier alpha value is -2.53. The van der Waals surface area contributed by atoms with Gasteiger partial charge in [0.1, 0.15) is 29.7 Å². The first-order chi connectivity index (χ1) is 19.9. The Balaban J connectivity index is 1.30. The molecule has 0 aliphatic carbocycles. The van der Waals surface area contributed by atoms with E-state index in [0.717, 1.165) is 45.1 Å². The van der Waals surface area contributed by atoms with Crippen molar-refractivity contribution in [3.8, 4) is 6.01 Å². The number of fused-ring (bicyclic) bond motifs is 6. The molecule has 2 bridgehead atoms. The number of pyridine rings is 1. The summed E-state index contributed by atoms with van der Waals surface area (Å²) in [6.45, 7) is 9.74. The molecule has 12 heteroatoms. The number of carbonyl (C=O) groups is 1. The number of ether oxygens (including phenoxy) is 2. The van der Waals surface area contributed by atoms with Crippen molar-refractivity contribution in [3.05, 3.63) is 16.7 Å². The molecule has 0 saturated carbocycles. The molecular weight excluding hydrogens is 566 g/mol. The maximum atomic E-state index is 15.7. The molecule has 2 aromatic heterocycles. The van der Waals surface area contributed by atoms with Crippen LogP contribution in [0.4, 0.5) is 19.4 Å². The van der Waals surface area contributed by atoms with Gasteiger partial charge in [-0.15, -0.1) is 0 Å². The molecule has 2 aromatic rings. The van der Waals surface area contributed by atoms with Gasteiger partial charge >= 0.3 is 12.1 Å². The van der Waals surface area contributed by atoms with Gasteiger partial charge in [0.2, 0.25) is 0 Å². The number of aromatic nitrogens is 3. The fourth-order valence-corrected chi connectivity index (χ4v) is 8.38. The number of carbonyl (C=O) groups excluding carboxylic acids is 1.